The Bertz CT molecular complexity index is 542. The molecule has 1 fully saturated rings. The molecule has 6 heteroatoms. The normalized spacial score (nSPS) is 24.4. The molecule has 1 aromatic carbocycles. The first-order chi connectivity index (χ1) is 9.32. The van der Waals surface area contributed by atoms with Crippen LogP contribution in [0, 0.1) is 23.5 Å². The van der Waals surface area contributed by atoms with Crippen LogP contribution in [-0.2, 0) is 9.59 Å². The third kappa shape index (κ3) is 2.43. The summed E-state index contributed by atoms with van der Waals surface area (Å²) in [5.41, 5.74) is 5.76. The van der Waals surface area contributed by atoms with Gasteiger partial charge in [-0.2, -0.15) is 0 Å². The van der Waals surface area contributed by atoms with Gasteiger partial charge in [0.15, 0.2) is 0 Å². The van der Waals surface area contributed by atoms with Crippen molar-refractivity contribution in [3.05, 3.63) is 35.4 Å². The van der Waals surface area contributed by atoms with Gasteiger partial charge in [0, 0.05) is 23.9 Å². The number of amides is 2. The molecule has 0 saturated carbocycles. The van der Waals surface area contributed by atoms with Gasteiger partial charge in [-0.3, -0.25) is 14.5 Å². The van der Waals surface area contributed by atoms with Crippen LogP contribution in [0.2, 0.25) is 0 Å². The van der Waals surface area contributed by atoms with Crippen LogP contribution in [0.25, 0.3) is 0 Å². The van der Waals surface area contributed by atoms with Crippen LogP contribution in [0.5, 0.6) is 0 Å². The Hall–Kier alpha value is -1.82. The van der Waals surface area contributed by atoms with Gasteiger partial charge in [-0.05, 0) is 18.2 Å². The molecule has 0 aliphatic carbocycles. The number of imide groups is 1. The van der Waals surface area contributed by atoms with Gasteiger partial charge in [0.2, 0.25) is 11.8 Å². The number of benzene rings is 1. The molecule has 2 N–H and O–H groups in total. The van der Waals surface area contributed by atoms with E-state index in [0.29, 0.717) is 0 Å². The lowest BCUT2D eigenvalue weighted by Crippen LogP contribution is -2.37. The molecule has 2 amide bonds. The lowest BCUT2D eigenvalue weighted by atomic mass is 10.00. The zero-order chi connectivity index (χ0) is 15.0. The molecular formula is C14H16F2N2O2. The molecule has 0 spiro atoms. The first-order valence-electron chi connectivity index (χ1n) is 6.38. The molecular weight excluding hydrogens is 266 g/mol. The van der Waals surface area contributed by atoms with Crippen LogP contribution in [0.1, 0.15) is 25.5 Å². The number of hydrogen-bond donors (Lipinski definition) is 1. The first-order valence-corrected chi connectivity index (χ1v) is 6.38. The number of likely N-dealkylation sites (tertiary alicyclic amines) is 1. The van der Waals surface area contributed by atoms with Gasteiger partial charge in [-0.1, -0.05) is 13.8 Å². The quantitative estimate of drug-likeness (QED) is 0.857. The average Bonchev–Trinajstić information content (AvgIpc) is 2.59. The van der Waals surface area contributed by atoms with E-state index in [9.17, 15) is 18.4 Å². The minimum atomic E-state index is -0.948. The lowest BCUT2D eigenvalue weighted by molar-refractivity contribution is -0.140. The molecule has 2 rings (SSSR count). The van der Waals surface area contributed by atoms with E-state index >= 15 is 0 Å². The van der Waals surface area contributed by atoms with Gasteiger partial charge in [0.05, 0.1) is 6.04 Å². The summed E-state index contributed by atoms with van der Waals surface area (Å²) in [6.07, 6.45) is 0. The molecule has 0 radical (unpaired) electrons. The van der Waals surface area contributed by atoms with Crippen LogP contribution < -0.4 is 5.73 Å². The van der Waals surface area contributed by atoms with Crippen molar-refractivity contribution in [2.75, 3.05) is 6.54 Å². The molecule has 1 heterocycles. The van der Waals surface area contributed by atoms with Crippen molar-refractivity contribution >= 4 is 11.8 Å². The van der Waals surface area contributed by atoms with Gasteiger partial charge in [-0.25, -0.2) is 8.78 Å². The van der Waals surface area contributed by atoms with Gasteiger partial charge < -0.3 is 5.73 Å². The SMILES string of the molecule is CC1C(=O)N(CC(N)c2cc(F)ccc2F)C(=O)C1C. The topological polar surface area (TPSA) is 63.4 Å². The standard InChI is InChI=1S/C14H16F2N2O2/c1-7-8(2)14(20)18(13(7)19)6-12(17)10-5-9(15)3-4-11(10)16/h3-5,7-8,12H,6,17H2,1-2H3. The largest absolute Gasteiger partial charge is 0.322 e. The summed E-state index contributed by atoms with van der Waals surface area (Å²) in [5.74, 6) is -2.74. The van der Waals surface area contributed by atoms with E-state index in [1.165, 1.54) is 0 Å². The number of carbonyl (C=O) groups excluding carboxylic acids is 2. The highest BCUT2D eigenvalue weighted by atomic mass is 19.1. The summed E-state index contributed by atoms with van der Waals surface area (Å²) in [6, 6.07) is 2.00. The third-order valence-electron chi connectivity index (χ3n) is 3.80. The van der Waals surface area contributed by atoms with E-state index in [0.717, 1.165) is 23.1 Å². The zero-order valence-corrected chi connectivity index (χ0v) is 11.3. The monoisotopic (exact) mass is 282 g/mol. The Morgan fingerprint density at radius 3 is 2.30 bits per heavy atom. The van der Waals surface area contributed by atoms with Crippen LogP contribution >= 0.6 is 0 Å². The van der Waals surface area contributed by atoms with Crippen molar-refractivity contribution < 1.29 is 18.4 Å². The molecule has 0 bridgehead atoms. The molecule has 1 aliphatic heterocycles. The Morgan fingerprint density at radius 1 is 1.20 bits per heavy atom. The molecule has 0 aromatic heterocycles. The molecule has 20 heavy (non-hydrogen) atoms. The maximum absolute atomic E-state index is 13.6. The van der Waals surface area contributed by atoms with Gasteiger partial charge >= 0.3 is 0 Å². The van der Waals surface area contributed by atoms with Crippen LogP contribution in [0.4, 0.5) is 8.78 Å². The second-order valence-corrected chi connectivity index (χ2v) is 5.14. The minimum Gasteiger partial charge on any atom is -0.322 e. The van der Waals surface area contributed by atoms with Crippen molar-refractivity contribution in [2.45, 2.75) is 19.9 Å². The maximum Gasteiger partial charge on any atom is 0.232 e. The third-order valence-corrected chi connectivity index (χ3v) is 3.80. The second-order valence-electron chi connectivity index (χ2n) is 5.14. The van der Waals surface area contributed by atoms with E-state index in [1.807, 2.05) is 0 Å². The fourth-order valence-electron chi connectivity index (χ4n) is 2.30. The summed E-state index contributed by atoms with van der Waals surface area (Å²) < 4.78 is 26.7. The van der Waals surface area contributed by atoms with E-state index < -0.39 is 29.5 Å². The minimum absolute atomic E-state index is 0.0437. The van der Waals surface area contributed by atoms with E-state index in [4.69, 9.17) is 5.73 Å². The second kappa shape index (κ2) is 5.28. The van der Waals surface area contributed by atoms with Crippen molar-refractivity contribution in [1.82, 2.24) is 4.90 Å². The predicted octanol–water partition coefficient (Wildman–Crippen LogP) is 1.61. The molecule has 108 valence electrons. The van der Waals surface area contributed by atoms with Crippen molar-refractivity contribution in [2.24, 2.45) is 17.6 Å². The Morgan fingerprint density at radius 2 is 1.75 bits per heavy atom. The number of nitrogens with two attached hydrogens (primary N) is 1. The Kier molecular flexibility index (Phi) is 3.85. The summed E-state index contributed by atoms with van der Waals surface area (Å²) in [6.45, 7) is 3.19. The summed E-state index contributed by atoms with van der Waals surface area (Å²) >= 11 is 0. The molecule has 3 unspecified atom stereocenters. The van der Waals surface area contributed by atoms with Crippen LogP contribution in [-0.4, -0.2) is 23.3 Å². The summed E-state index contributed by atoms with van der Waals surface area (Å²) in [4.78, 5) is 24.9. The number of rotatable bonds is 3. The molecule has 1 aliphatic rings. The zero-order valence-electron chi connectivity index (χ0n) is 11.3. The van der Waals surface area contributed by atoms with Crippen molar-refractivity contribution in [3.8, 4) is 0 Å². The maximum atomic E-state index is 13.6. The Labute approximate surface area is 115 Å². The highest BCUT2D eigenvalue weighted by Crippen LogP contribution is 2.27. The summed E-state index contributed by atoms with van der Waals surface area (Å²) in [7, 11) is 0. The smallest absolute Gasteiger partial charge is 0.232 e. The molecule has 3 atom stereocenters. The fraction of sp³-hybridized carbons (Fsp3) is 0.429. The van der Waals surface area contributed by atoms with Gasteiger partial charge in [0.1, 0.15) is 11.6 Å². The number of halogens is 2. The average molecular weight is 282 g/mol. The number of hydrogen-bond acceptors (Lipinski definition) is 3. The number of nitrogens with zero attached hydrogens (tertiary/aromatic N) is 1. The van der Waals surface area contributed by atoms with E-state index in [2.05, 4.69) is 0 Å². The summed E-state index contributed by atoms with van der Waals surface area (Å²) in [5, 5.41) is 0. The van der Waals surface area contributed by atoms with Gasteiger partial charge in [0.25, 0.3) is 0 Å². The van der Waals surface area contributed by atoms with Crippen molar-refractivity contribution in [1.29, 1.82) is 0 Å². The highest BCUT2D eigenvalue weighted by molar-refractivity contribution is 6.04. The molecule has 4 nitrogen and oxygen atoms in total. The Balaban J connectivity index is 2.20. The van der Waals surface area contributed by atoms with Crippen molar-refractivity contribution in [3.63, 3.8) is 0 Å². The fourth-order valence-corrected chi connectivity index (χ4v) is 2.30. The molecule has 1 saturated heterocycles. The number of carbonyl (C=O) groups is 2. The van der Waals surface area contributed by atoms with Gasteiger partial charge in [-0.15, -0.1) is 0 Å². The van der Waals surface area contributed by atoms with E-state index in [-0.39, 0.29) is 23.9 Å². The highest BCUT2D eigenvalue weighted by Gasteiger charge is 2.42. The van der Waals surface area contributed by atoms with Crippen LogP contribution in [0.15, 0.2) is 18.2 Å². The molecule has 1 aromatic rings. The predicted molar refractivity (Wildman–Crippen MR) is 68.3 cm³/mol. The van der Waals surface area contributed by atoms with Crippen LogP contribution in [0.3, 0.4) is 0 Å². The lowest BCUT2D eigenvalue weighted by Gasteiger charge is -2.20. The first kappa shape index (κ1) is 14.6. The van der Waals surface area contributed by atoms with E-state index in [1.54, 1.807) is 13.8 Å².